The van der Waals surface area contributed by atoms with Crippen molar-refractivity contribution in [1.29, 1.82) is 0 Å². The van der Waals surface area contributed by atoms with E-state index in [1.807, 2.05) is 6.07 Å². The SMILES string of the molecule is O[C@@]1(Cc2ccccc2)c2ccccc2C[C@@]12Cc1ccccc1/C2=C\c1ccccc1. The molecule has 2 aliphatic carbocycles. The minimum Gasteiger partial charge on any atom is -0.384 e. The summed E-state index contributed by atoms with van der Waals surface area (Å²) in [6.07, 6.45) is 4.61. The Bertz CT molecular complexity index is 1300. The van der Waals surface area contributed by atoms with Gasteiger partial charge in [-0.2, -0.15) is 0 Å². The van der Waals surface area contributed by atoms with Crippen molar-refractivity contribution in [3.63, 3.8) is 0 Å². The van der Waals surface area contributed by atoms with Gasteiger partial charge in [0.1, 0.15) is 5.60 Å². The summed E-state index contributed by atoms with van der Waals surface area (Å²) < 4.78 is 0. The first-order valence-electron chi connectivity index (χ1n) is 11.4. The second kappa shape index (κ2) is 7.32. The van der Waals surface area contributed by atoms with Gasteiger partial charge in [0.05, 0.1) is 0 Å². The van der Waals surface area contributed by atoms with Crippen molar-refractivity contribution >= 4 is 11.6 Å². The summed E-state index contributed by atoms with van der Waals surface area (Å²) >= 11 is 0. The second-order valence-electron chi connectivity index (χ2n) is 9.24. The van der Waals surface area contributed by atoms with Crippen molar-refractivity contribution in [2.75, 3.05) is 0 Å². The Morgan fingerprint density at radius 3 is 2.03 bits per heavy atom. The van der Waals surface area contributed by atoms with Crippen LogP contribution in [-0.4, -0.2) is 5.11 Å². The highest BCUT2D eigenvalue weighted by Crippen LogP contribution is 2.63. The van der Waals surface area contributed by atoms with Gasteiger partial charge in [0.25, 0.3) is 0 Å². The molecule has 2 aliphatic rings. The third-order valence-electron chi connectivity index (χ3n) is 7.48. The number of hydrogen-bond donors (Lipinski definition) is 1. The van der Waals surface area contributed by atoms with E-state index in [0.717, 1.165) is 18.4 Å². The molecule has 0 saturated carbocycles. The lowest BCUT2D eigenvalue weighted by molar-refractivity contribution is -0.0435. The maximum absolute atomic E-state index is 12.7. The van der Waals surface area contributed by atoms with Crippen LogP contribution in [0.2, 0.25) is 0 Å². The Kier molecular flexibility index (Phi) is 4.41. The van der Waals surface area contributed by atoms with Crippen molar-refractivity contribution in [1.82, 2.24) is 0 Å². The van der Waals surface area contributed by atoms with E-state index in [9.17, 15) is 5.11 Å². The molecule has 1 spiro atoms. The van der Waals surface area contributed by atoms with Crippen LogP contribution in [0.5, 0.6) is 0 Å². The molecular weight excluding hydrogens is 388 g/mol. The van der Waals surface area contributed by atoms with E-state index >= 15 is 0 Å². The number of benzene rings is 4. The molecule has 0 radical (unpaired) electrons. The van der Waals surface area contributed by atoms with Crippen molar-refractivity contribution in [2.24, 2.45) is 5.41 Å². The lowest BCUT2D eigenvalue weighted by Crippen LogP contribution is -2.44. The van der Waals surface area contributed by atoms with E-state index < -0.39 is 11.0 Å². The topological polar surface area (TPSA) is 20.2 Å². The van der Waals surface area contributed by atoms with Crippen molar-refractivity contribution < 1.29 is 5.11 Å². The number of aliphatic hydroxyl groups is 1. The van der Waals surface area contributed by atoms with Gasteiger partial charge in [-0.25, -0.2) is 0 Å². The highest BCUT2D eigenvalue weighted by atomic mass is 16.3. The lowest BCUT2D eigenvalue weighted by Gasteiger charge is -2.42. The van der Waals surface area contributed by atoms with Gasteiger partial charge in [-0.05, 0) is 51.8 Å². The molecule has 1 heteroatoms. The third-order valence-corrected chi connectivity index (χ3v) is 7.48. The fourth-order valence-electron chi connectivity index (χ4n) is 6.04. The summed E-state index contributed by atoms with van der Waals surface area (Å²) in [4.78, 5) is 0. The molecular formula is C31H26O. The highest BCUT2D eigenvalue weighted by molar-refractivity contribution is 5.91. The first kappa shape index (κ1) is 19.3. The minimum atomic E-state index is -0.982. The molecule has 156 valence electrons. The molecule has 1 N–H and O–H groups in total. The highest BCUT2D eigenvalue weighted by Gasteiger charge is 2.61. The Balaban J connectivity index is 1.60. The maximum atomic E-state index is 12.7. The van der Waals surface area contributed by atoms with Crippen molar-refractivity contribution in [3.05, 3.63) is 143 Å². The van der Waals surface area contributed by atoms with Crippen LogP contribution in [-0.2, 0) is 24.9 Å². The molecule has 1 nitrogen and oxygen atoms in total. The van der Waals surface area contributed by atoms with Crippen molar-refractivity contribution in [3.8, 4) is 0 Å². The largest absolute Gasteiger partial charge is 0.384 e. The van der Waals surface area contributed by atoms with Gasteiger partial charge >= 0.3 is 0 Å². The Hall–Kier alpha value is -3.42. The zero-order chi connectivity index (χ0) is 21.6. The van der Waals surface area contributed by atoms with Gasteiger partial charge < -0.3 is 5.11 Å². The number of rotatable bonds is 3. The standard InChI is InChI=1S/C31H26O/c32-31(20-24-13-5-2-6-14-24)28-18-10-8-16-26(28)22-30(31)21-25-15-7-9-17-27(25)29(30)19-23-11-3-1-4-12-23/h1-19,32H,20-22H2/b29-19+/t30-,31+/m1/s1. The van der Waals surface area contributed by atoms with Crippen LogP contribution in [0.1, 0.15) is 33.4 Å². The Morgan fingerprint density at radius 2 is 1.25 bits per heavy atom. The van der Waals surface area contributed by atoms with Crippen LogP contribution in [0.3, 0.4) is 0 Å². The molecule has 0 saturated heterocycles. The Labute approximate surface area is 189 Å². The quantitative estimate of drug-likeness (QED) is 0.408. The van der Waals surface area contributed by atoms with Crippen LogP contribution in [0.15, 0.2) is 109 Å². The minimum absolute atomic E-state index is 0.397. The van der Waals surface area contributed by atoms with E-state index in [2.05, 4.69) is 109 Å². The molecule has 6 rings (SSSR count). The molecule has 0 bridgehead atoms. The first-order chi connectivity index (χ1) is 15.7. The average molecular weight is 415 g/mol. The summed E-state index contributed by atoms with van der Waals surface area (Å²) in [5.74, 6) is 0. The van der Waals surface area contributed by atoms with E-state index in [4.69, 9.17) is 0 Å². The molecule has 4 aromatic carbocycles. The lowest BCUT2D eigenvalue weighted by atomic mass is 9.65. The van der Waals surface area contributed by atoms with Crippen LogP contribution in [0.4, 0.5) is 0 Å². The summed E-state index contributed by atoms with van der Waals surface area (Å²) in [5.41, 5.74) is 7.17. The van der Waals surface area contributed by atoms with Gasteiger partial charge in [0.15, 0.2) is 0 Å². The first-order valence-corrected chi connectivity index (χ1v) is 11.4. The maximum Gasteiger partial charge on any atom is 0.104 e. The second-order valence-corrected chi connectivity index (χ2v) is 9.24. The molecule has 0 aromatic heterocycles. The van der Waals surface area contributed by atoms with E-state index in [0.29, 0.717) is 6.42 Å². The van der Waals surface area contributed by atoms with E-state index in [-0.39, 0.29) is 0 Å². The molecule has 0 unspecified atom stereocenters. The molecule has 0 aliphatic heterocycles. The monoisotopic (exact) mass is 414 g/mol. The van der Waals surface area contributed by atoms with Gasteiger partial charge in [0.2, 0.25) is 0 Å². The van der Waals surface area contributed by atoms with Crippen molar-refractivity contribution in [2.45, 2.75) is 24.9 Å². The van der Waals surface area contributed by atoms with Crippen LogP contribution in [0, 0.1) is 5.41 Å². The Morgan fingerprint density at radius 1 is 0.656 bits per heavy atom. The normalized spacial score (nSPS) is 24.6. The van der Waals surface area contributed by atoms with Gasteiger partial charge in [0, 0.05) is 11.8 Å². The van der Waals surface area contributed by atoms with Crippen LogP contribution in [0.25, 0.3) is 11.6 Å². The fourth-order valence-corrected chi connectivity index (χ4v) is 6.04. The summed E-state index contributed by atoms with van der Waals surface area (Å²) in [5, 5.41) is 12.7. The number of fused-ring (bicyclic) bond motifs is 2. The number of hydrogen-bond acceptors (Lipinski definition) is 1. The molecule has 0 fully saturated rings. The molecule has 32 heavy (non-hydrogen) atoms. The average Bonchev–Trinajstić information content (AvgIpc) is 3.27. The van der Waals surface area contributed by atoms with Crippen LogP contribution >= 0.6 is 0 Å². The van der Waals surface area contributed by atoms with Crippen LogP contribution < -0.4 is 0 Å². The molecule has 0 amide bonds. The summed E-state index contributed by atoms with van der Waals surface area (Å²) in [6, 6.07) is 38.2. The van der Waals surface area contributed by atoms with Gasteiger partial charge in [-0.15, -0.1) is 0 Å². The van der Waals surface area contributed by atoms with E-state index in [1.165, 1.54) is 33.4 Å². The predicted molar refractivity (Wildman–Crippen MR) is 131 cm³/mol. The molecule has 2 atom stereocenters. The van der Waals surface area contributed by atoms with Gasteiger partial charge in [-0.3, -0.25) is 0 Å². The van der Waals surface area contributed by atoms with E-state index in [1.54, 1.807) is 0 Å². The summed E-state index contributed by atoms with van der Waals surface area (Å²) in [7, 11) is 0. The fraction of sp³-hybridized carbons (Fsp3) is 0.161. The third kappa shape index (κ3) is 2.82. The summed E-state index contributed by atoms with van der Waals surface area (Å²) in [6.45, 7) is 0. The smallest absolute Gasteiger partial charge is 0.104 e. The molecule has 0 heterocycles. The predicted octanol–water partition coefficient (Wildman–Crippen LogP) is 6.46. The zero-order valence-corrected chi connectivity index (χ0v) is 18.0. The zero-order valence-electron chi connectivity index (χ0n) is 18.0. The van der Waals surface area contributed by atoms with Gasteiger partial charge in [-0.1, -0.05) is 115 Å². The molecule has 4 aromatic rings.